The molecule has 1 aliphatic rings. The number of aryl methyl sites for hydroxylation is 2. The molecule has 154 valence electrons. The van der Waals surface area contributed by atoms with Gasteiger partial charge in [-0.05, 0) is 57.2 Å². The van der Waals surface area contributed by atoms with Gasteiger partial charge in [0.05, 0.1) is 11.6 Å². The van der Waals surface area contributed by atoms with Crippen LogP contribution in [0, 0.1) is 31.1 Å². The molecule has 0 heterocycles. The second-order valence-electron chi connectivity index (χ2n) is 7.91. The summed E-state index contributed by atoms with van der Waals surface area (Å²) >= 11 is 0. The summed E-state index contributed by atoms with van der Waals surface area (Å²) < 4.78 is 5.15. The van der Waals surface area contributed by atoms with Gasteiger partial charge in [0.15, 0.2) is 12.4 Å². The molecule has 2 aromatic carbocycles. The summed E-state index contributed by atoms with van der Waals surface area (Å²) in [5.41, 5.74) is 1.63. The molecule has 1 N–H and O–H groups in total. The summed E-state index contributed by atoms with van der Waals surface area (Å²) in [7, 11) is 0. The van der Waals surface area contributed by atoms with Crippen molar-refractivity contribution in [2.24, 2.45) is 5.92 Å². The number of ketones is 1. The Balaban J connectivity index is 1.73. The molecule has 0 spiro atoms. The average Bonchev–Trinajstić information content (AvgIpc) is 3.59. The van der Waals surface area contributed by atoms with Crippen LogP contribution >= 0.6 is 0 Å². The first-order chi connectivity index (χ1) is 14.2. The van der Waals surface area contributed by atoms with Crippen molar-refractivity contribution in [1.29, 1.82) is 5.26 Å². The molecule has 1 atom stereocenters. The summed E-state index contributed by atoms with van der Waals surface area (Å²) in [6.07, 6.45) is 1.77. The molecular weight excluding hydrogens is 380 g/mol. The molecule has 1 aliphatic carbocycles. The minimum atomic E-state index is -0.958. The number of nitrogens with one attached hydrogen (secondary N) is 1. The van der Waals surface area contributed by atoms with Crippen LogP contribution in [0.15, 0.2) is 42.5 Å². The molecule has 0 aliphatic heterocycles. The van der Waals surface area contributed by atoms with E-state index in [1.165, 1.54) is 6.07 Å². The Hall–Kier alpha value is -3.46. The topological polar surface area (TPSA) is 96.3 Å². The predicted octanol–water partition coefficient (Wildman–Crippen LogP) is 3.50. The zero-order valence-corrected chi connectivity index (χ0v) is 17.3. The van der Waals surface area contributed by atoms with E-state index in [0.29, 0.717) is 5.56 Å². The van der Waals surface area contributed by atoms with Crippen LogP contribution in [-0.4, -0.2) is 29.8 Å². The smallest absolute Gasteiger partial charge is 0.339 e. The van der Waals surface area contributed by atoms with Crippen LogP contribution in [0.1, 0.15) is 57.2 Å². The van der Waals surface area contributed by atoms with Crippen molar-refractivity contribution < 1.29 is 19.1 Å². The fourth-order valence-electron chi connectivity index (χ4n) is 3.40. The number of esters is 1. The number of rotatable bonds is 7. The molecular formula is C24H24N2O4. The molecule has 6 heteroatoms. The molecule has 1 amide bonds. The maximum atomic E-state index is 13.1. The summed E-state index contributed by atoms with van der Waals surface area (Å²) in [6.45, 7) is 4.88. The lowest BCUT2D eigenvalue weighted by Gasteiger charge is -2.22. The Morgan fingerprint density at radius 2 is 1.77 bits per heavy atom. The largest absolute Gasteiger partial charge is 0.452 e. The standard InChI is InChI=1S/C24H24N2O4/c1-15-8-9-16(2)20(12-15)22(28)18-6-4-5-7-19(18)23(29)30-13-21(27)26-24(3,14-25)17-10-11-17/h4-9,12,17H,10-11,13H2,1-3H3,(H,26,27)/t24-/m0/s1. The van der Waals surface area contributed by atoms with Crippen LogP contribution in [0.5, 0.6) is 0 Å². The lowest BCUT2D eigenvalue weighted by atomic mass is 9.94. The van der Waals surface area contributed by atoms with E-state index in [-0.39, 0.29) is 22.8 Å². The fourth-order valence-corrected chi connectivity index (χ4v) is 3.40. The normalized spacial score (nSPS) is 14.9. The Morgan fingerprint density at radius 3 is 2.40 bits per heavy atom. The minimum Gasteiger partial charge on any atom is -0.452 e. The minimum absolute atomic E-state index is 0.0986. The predicted molar refractivity (Wildman–Crippen MR) is 111 cm³/mol. The number of nitriles is 1. The quantitative estimate of drug-likeness (QED) is 0.563. The Morgan fingerprint density at radius 1 is 1.10 bits per heavy atom. The van der Waals surface area contributed by atoms with Gasteiger partial charge in [-0.2, -0.15) is 5.26 Å². The van der Waals surface area contributed by atoms with Gasteiger partial charge in [-0.1, -0.05) is 35.9 Å². The van der Waals surface area contributed by atoms with Crippen LogP contribution in [0.25, 0.3) is 0 Å². The van der Waals surface area contributed by atoms with Gasteiger partial charge in [-0.15, -0.1) is 0 Å². The number of hydrogen-bond donors (Lipinski definition) is 1. The summed E-state index contributed by atoms with van der Waals surface area (Å²) in [6, 6.07) is 14.1. The van der Waals surface area contributed by atoms with Crippen LogP contribution in [0.2, 0.25) is 0 Å². The molecule has 1 fully saturated rings. The van der Waals surface area contributed by atoms with Crippen LogP contribution in [-0.2, 0) is 9.53 Å². The van der Waals surface area contributed by atoms with E-state index in [9.17, 15) is 19.6 Å². The monoisotopic (exact) mass is 404 g/mol. The molecule has 30 heavy (non-hydrogen) atoms. The molecule has 6 nitrogen and oxygen atoms in total. The lowest BCUT2D eigenvalue weighted by molar-refractivity contribution is -0.125. The van der Waals surface area contributed by atoms with Gasteiger partial charge < -0.3 is 10.1 Å². The number of hydrogen-bond acceptors (Lipinski definition) is 5. The molecule has 0 bridgehead atoms. The number of benzene rings is 2. The van der Waals surface area contributed by atoms with Gasteiger partial charge in [-0.3, -0.25) is 9.59 Å². The van der Waals surface area contributed by atoms with E-state index in [1.807, 2.05) is 26.0 Å². The summed E-state index contributed by atoms with van der Waals surface area (Å²) in [5, 5.41) is 12.0. The highest BCUT2D eigenvalue weighted by Crippen LogP contribution is 2.39. The van der Waals surface area contributed by atoms with E-state index in [1.54, 1.807) is 31.2 Å². The molecule has 0 aromatic heterocycles. The first kappa shape index (κ1) is 21.3. The van der Waals surface area contributed by atoms with Crippen molar-refractivity contribution in [1.82, 2.24) is 5.32 Å². The second kappa shape index (κ2) is 8.50. The first-order valence-electron chi connectivity index (χ1n) is 9.85. The van der Waals surface area contributed by atoms with Gasteiger partial charge in [-0.25, -0.2) is 4.79 Å². The summed E-state index contributed by atoms with van der Waals surface area (Å²) in [5.74, 6) is -1.46. The molecule has 2 aromatic rings. The molecule has 3 rings (SSSR count). The third-order valence-electron chi connectivity index (χ3n) is 5.39. The van der Waals surface area contributed by atoms with Gasteiger partial charge in [0.2, 0.25) is 0 Å². The number of nitrogens with zero attached hydrogens (tertiary/aromatic N) is 1. The Labute approximate surface area is 175 Å². The van der Waals surface area contributed by atoms with Crippen molar-refractivity contribution in [3.8, 4) is 6.07 Å². The highest BCUT2D eigenvalue weighted by atomic mass is 16.5. The van der Waals surface area contributed by atoms with Crippen molar-refractivity contribution in [3.05, 3.63) is 70.3 Å². The third-order valence-corrected chi connectivity index (χ3v) is 5.39. The van der Waals surface area contributed by atoms with Crippen LogP contribution in [0.3, 0.4) is 0 Å². The van der Waals surface area contributed by atoms with Crippen molar-refractivity contribution in [2.45, 2.75) is 39.2 Å². The van der Waals surface area contributed by atoms with Crippen molar-refractivity contribution >= 4 is 17.7 Å². The third kappa shape index (κ3) is 4.57. The van der Waals surface area contributed by atoms with E-state index >= 15 is 0 Å². The van der Waals surface area contributed by atoms with Gasteiger partial charge >= 0.3 is 5.97 Å². The van der Waals surface area contributed by atoms with Crippen molar-refractivity contribution in [3.63, 3.8) is 0 Å². The second-order valence-corrected chi connectivity index (χ2v) is 7.91. The van der Waals surface area contributed by atoms with Gasteiger partial charge in [0, 0.05) is 11.1 Å². The van der Waals surface area contributed by atoms with Gasteiger partial charge in [0.1, 0.15) is 5.54 Å². The number of carbonyl (C=O) groups excluding carboxylic acids is 3. The highest BCUT2D eigenvalue weighted by molar-refractivity contribution is 6.15. The highest BCUT2D eigenvalue weighted by Gasteiger charge is 2.43. The van der Waals surface area contributed by atoms with Crippen LogP contribution in [0.4, 0.5) is 0 Å². The zero-order chi connectivity index (χ0) is 21.9. The van der Waals surface area contributed by atoms with E-state index in [0.717, 1.165) is 24.0 Å². The number of ether oxygens (including phenoxy) is 1. The summed E-state index contributed by atoms with van der Waals surface area (Å²) in [4.78, 5) is 37.9. The maximum Gasteiger partial charge on any atom is 0.339 e. The van der Waals surface area contributed by atoms with E-state index in [4.69, 9.17) is 4.74 Å². The zero-order valence-electron chi connectivity index (χ0n) is 17.3. The Kier molecular flexibility index (Phi) is 6.02. The molecule has 0 unspecified atom stereocenters. The SMILES string of the molecule is Cc1ccc(C)c(C(=O)c2ccccc2C(=O)OCC(=O)N[C@@](C)(C#N)C2CC2)c1. The maximum absolute atomic E-state index is 13.1. The van der Waals surface area contributed by atoms with Gasteiger partial charge in [0.25, 0.3) is 5.91 Å². The average molecular weight is 404 g/mol. The number of amides is 1. The first-order valence-corrected chi connectivity index (χ1v) is 9.85. The molecule has 0 radical (unpaired) electrons. The fraction of sp³-hybridized carbons (Fsp3) is 0.333. The van der Waals surface area contributed by atoms with Crippen molar-refractivity contribution in [2.75, 3.05) is 6.61 Å². The molecule has 1 saturated carbocycles. The Bertz CT molecular complexity index is 1050. The molecule has 0 saturated heterocycles. The number of carbonyl (C=O) groups is 3. The lowest BCUT2D eigenvalue weighted by Crippen LogP contribution is -2.48. The van der Waals surface area contributed by atoms with E-state index < -0.39 is 24.0 Å². The van der Waals surface area contributed by atoms with E-state index in [2.05, 4.69) is 11.4 Å². The van der Waals surface area contributed by atoms with Crippen LogP contribution < -0.4 is 5.32 Å².